The van der Waals surface area contributed by atoms with E-state index in [1.807, 2.05) is 24.3 Å². The molecule has 0 saturated carbocycles. The Morgan fingerprint density at radius 3 is 2.75 bits per heavy atom. The number of nitrogens with one attached hydrogen (secondary N) is 1. The minimum absolute atomic E-state index is 0.122. The van der Waals surface area contributed by atoms with Gasteiger partial charge in [-0.25, -0.2) is 4.39 Å². The zero-order valence-electron chi connectivity index (χ0n) is 11.7. The zero-order chi connectivity index (χ0) is 14.2. The van der Waals surface area contributed by atoms with E-state index in [4.69, 9.17) is 4.74 Å². The largest absolute Gasteiger partial charge is 0.487 e. The lowest BCUT2D eigenvalue weighted by atomic mass is 9.89. The Hall–Kier alpha value is -2.03. The number of hydrogen-bond acceptors (Lipinski definition) is 2. The number of anilines is 1. The fraction of sp³-hybridized carbons (Fsp3) is 0.294. The van der Waals surface area contributed by atoms with Gasteiger partial charge in [0.15, 0.2) is 0 Å². The van der Waals surface area contributed by atoms with Crippen molar-refractivity contribution in [2.45, 2.75) is 31.9 Å². The molecule has 1 atom stereocenters. The number of para-hydroxylation sites is 1. The van der Waals surface area contributed by atoms with Gasteiger partial charge in [0.05, 0.1) is 6.04 Å². The molecule has 1 N–H and O–H groups in total. The minimum atomic E-state index is -0.237. The van der Waals surface area contributed by atoms with Crippen molar-refractivity contribution in [3.63, 3.8) is 0 Å². The van der Waals surface area contributed by atoms with E-state index in [9.17, 15) is 4.39 Å². The molecule has 0 aromatic heterocycles. The van der Waals surface area contributed by atoms with Gasteiger partial charge in [-0.15, -0.1) is 0 Å². The summed E-state index contributed by atoms with van der Waals surface area (Å²) in [5, 5.41) is 3.41. The highest BCUT2D eigenvalue weighted by Gasteiger charge is 2.33. The summed E-state index contributed by atoms with van der Waals surface area (Å²) in [6.45, 7) is 4.15. The smallest absolute Gasteiger partial charge is 0.125 e. The Morgan fingerprint density at radius 2 is 1.95 bits per heavy atom. The summed E-state index contributed by atoms with van der Waals surface area (Å²) in [5.74, 6) is 0.673. The average Bonchev–Trinajstić information content (AvgIpc) is 2.37. The molecular formula is C17H18FNO. The molecule has 0 aliphatic carbocycles. The third kappa shape index (κ3) is 2.62. The van der Waals surface area contributed by atoms with Gasteiger partial charge >= 0.3 is 0 Å². The molecule has 2 aromatic carbocycles. The quantitative estimate of drug-likeness (QED) is 0.865. The predicted molar refractivity (Wildman–Crippen MR) is 78.5 cm³/mol. The van der Waals surface area contributed by atoms with E-state index in [-0.39, 0.29) is 17.5 Å². The Morgan fingerprint density at radius 1 is 1.15 bits per heavy atom. The lowest BCUT2D eigenvalue weighted by Crippen LogP contribution is -2.37. The average molecular weight is 271 g/mol. The summed E-state index contributed by atoms with van der Waals surface area (Å²) < 4.78 is 19.3. The van der Waals surface area contributed by atoms with Crippen LogP contribution in [0.3, 0.4) is 0 Å². The predicted octanol–water partition coefficient (Wildman–Crippen LogP) is 4.54. The van der Waals surface area contributed by atoms with Gasteiger partial charge in [0.25, 0.3) is 0 Å². The molecule has 0 spiro atoms. The van der Waals surface area contributed by atoms with E-state index < -0.39 is 0 Å². The Bertz CT molecular complexity index is 624. The second-order valence-electron chi connectivity index (χ2n) is 5.81. The summed E-state index contributed by atoms with van der Waals surface area (Å²) in [5.41, 5.74) is 1.68. The molecule has 2 nitrogen and oxygen atoms in total. The maximum Gasteiger partial charge on any atom is 0.125 e. The lowest BCUT2D eigenvalue weighted by Gasteiger charge is -2.38. The van der Waals surface area contributed by atoms with Crippen LogP contribution in [0, 0.1) is 5.82 Å². The molecule has 0 saturated heterocycles. The highest BCUT2D eigenvalue weighted by Crippen LogP contribution is 2.40. The van der Waals surface area contributed by atoms with E-state index >= 15 is 0 Å². The maximum atomic E-state index is 13.3. The maximum absolute atomic E-state index is 13.3. The molecule has 104 valence electrons. The molecule has 0 amide bonds. The molecule has 1 unspecified atom stereocenters. The van der Waals surface area contributed by atoms with E-state index in [1.54, 1.807) is 6.07 Å². The van der Waals surface area contributed by atoms with Crippen molar-refractivity contribution in [1.82, 2.24) is 0 Å². The van der Waals surface area contributed by atoms with Crippen LogP contribution < -0.4 is 10.1 Å². The zero-order valence-corrected chi connectivity index (χ0v) is 11.7. The lowest BCUT2D eigenvalue weighted by molar-refractivity contribution is 0.0759. The van der Waals surface area contributed by atoms with Crippen LogP contribution in [0.1, 0.15) is 31.9 Å². The van der Waals surface area contributed by atoms with Crippen LogP contribution in [0.25, 0.3) is 0 Å². The molecule has 0 radical (unpaired) electrons. The van der Waals surface area contributed by atoms with E-state index in [1.165, 1.54) is 12.1 Å². The summed E-state index contributed by atoms with van der Waals surface area (Å²) >= 11 is 0. The van der Waals surface area contributed by atoms with Gasteiger partial charge in [-0.1, -0.05) is 24.3 Å². The summed E-state index contributed by atoms with van der Waals surface area (Å²) in [6, 6.07) is 14.7. The fourth-order valence-corrected chi connectivity index (χ4v) is 2.71. The molecular weight excluding hydrogens is 253 g/mol. The number of fused-ring (bicyclic) bond motifs is 1. The van der Waals surface area contributed by atoms with Gasteiger partial charge in [-0.3, -0.25) is 0 Å². The van der Waals surface area contributed by atoms with Gasteiger partial charge in [0, 0.05) is 17.7 Å². The fourth-order valence-electron chi connectivity index (χ4n) is 2.71. The second-order valence-corrected chi connectivity index (χ2v) is 5.81. The van der Waals surface area contributed by atoms with Gasteiger partial charge in [0.2, 0.25) is 0 Å². The molecule has 0 fully saturated rings. The molecule has 1 heterocycles. The summed E-state index contributed by atoms with van der Waals surface area (Å²) in [7, 11) is 0. The van der Waals surface area contributed by atoms with Crippen LogP contribution in [0.2, 0.25) is 0 Å². The van der Waals surface area contributed by atoms with Gasteiger partial charge in [-0.05, 0) is 38.1 Å². The van der Waals surface area contributed by atoms with Crippen LogP contribution in [0.5, 0.6) is 5.75 Å². The number of ether oxygens (including phenoxy) is 1. The van der Waals surface area contributed by atoms with E-state index in [0.29, 0.717) is 0 Å². The highest BCUT2D eigenvalue weighted by molar-refractivity contribution is 5.49. The Balaban J connectivity index is 1.93. The molecule has 3 heteroatoms. The summed E-state index contributed by atoms with van der Waals surface area (Å²) in [4.78, 5) is 0. The van der Waals surface area contributed by atoms with Crippen molar-refractivity contribution in [1.29, 1.82) is 0 Å². The topological polar surface area (TPSA) is 21.3 Å². The van der Waals surface area contributed by atoms with Crippen molar-refractivity contribution in [3.05, 3.63) is 59.9 Å². The highest BCUT2D eigenvalue weighted by atomic mass is 19.1. The number of benzene rings is 2. The molecule has 1 aliphatic heterocycles. The van der Waals surface area contributed by atoms with E-state index in [2.05, 4.69) is 25.2 Å². The molecule has 2 aromatic rings. The Kier molecular flexibility index (Phi) is 3.13. The first-order valence-electron chi connectivity index (χ1n) is 6.84. The van der Waals surface area contributed by atoms with Gasteiger partial charge in [-0.2, -0.15) is 0 Å². The van der Waals surface area contributed by atoms with Crippen LogP contribution >= 0.6 is 0 Å². The SMILES string of the molecule is CC1(C)CC(Nc2cccc(F)c2)c2ccccc2O1. The number of halogens is 1. The van der Waals surface area contributed by atoms with E-state index in [0.717, 1.165) is 23.4 Å². The van der Waals surface area contributed by atoms with Crippen molar-refractivity contribution >= 4 is 5.69 Å². The first-order chi connectivity index (χ1) is 9.53. The normalized spacial score (nSPS) is 19.9. The van der Waals surface area contributed by atoms with Gasteiger partial charge < -0.3 is 10.1 Å². The third-order valence-corrected chi connectivity index (χ3v) is 3.54. The Labute approximate surface area is 118 Å². The number of rotatable bonds is 2. The van der Waals surface area contributed by atoms with Crippen LogP contribution in [0.4, 0.5) is 10.1 Å². The second kappa shape index (κ2) is 4.82. The minimum Gasteiger partial charge on any atom is -0.487 e. The number of hydrogen-bond donors (Lipinski definition) is 1. The third-order valence-electron chi connectivity index (χ3n) is 3.54. The monoisotopic (exact) mass is 271 g/mol. The first kappa shape index (κ1) is 13.0. The van der Waals surface area contributed by atoms with Crippen molar-refractivity contribution in [2.75, 3.05) is 5.32 Å². The molecule has 3 rings (SSSR count). The molecule has 20 heavy (non-hydrogen) atoms. The van der Waals surface area contributed by atoms with Crippen molar-refractivity contribution in [3.8, 4) is 5.75 Å². The standard InChI is InChI=1S/C17H18FNO/c1-17(2)11-15(14-8-3-4-9-16(14)20-17)19-13-7-5-6-12(18)10-13/h3-10,15,19H,11H2,1-2H3. The summed E-state index contributed by atoms with van der Waals surface area (Å²) in [6.07, 6.45) is 0.834. The van der Waals surface area contributed by atoms with Crippen LogP contribution in [-0.4, -0.2) is 5.60 Å². The van der Waals surface area contributed by atoms with Crippen LogP contribution in [0.15, 0.2) is 48.5 Å². The molecule has 0 bridgehead atoms. The van der Waals surface area contributed by atoms with Crippen molar-refractivity contribution < 1.29 is 9.13 Å². The van der Waals surface area contributed by atoms with Gasteiger partial charge in [0.1, 0.15) is 17.2 Å². The molecule has 1 aliphatic rings. The van der Waals surface area contributed by atoms with Crippen LogP contribution in [-0.2, 0) is 0 Å². The first-order valence-corrected chi connectivity index (χ1v) is 6.84. The van der Waals surface area contributed by atoms with Crippen molar-refractivity contribution in [2.24, 2.45) is 0 Å².